The minimum absolute atomic E-state index is 0.0649. The second-order valence-electron chi connectivity index (χ2n) is 7.54. The van der Waals surface area contributed by atoms with E-state index in [2.05, 4.69) is 10.3 Å². The van der Waals surface area contributed by atoms with Gasteiger partial charge in [0.15, 0.2) is 5.78 Å². The van der Waals surface area contributed by atoms with E-state index in [-0.39, 0.29) is 25.2 Å². The van der Waals surface area contributed by atoms with Crippen LogP contribution in [0.2, 0.25) is 0 Å². The fourth-order valence-electron chi connectivity index (χ4n) is 3.43. The molecule has 168 valence electrons. The molecule has 4 rings (SSSR count). The molecule has 0 aliphatic rings. The zero-order valence-corrected chi connectivity index (χ0v) is 17.9. The molecule has 3 aromatic carbocycles. The SMILES string of the molecule is CC(=O)c1ccc(OCc2ccc3nonc3c2)cc1OC(CCC(=O)O)c1ccccc1. The Morgan fingerprint density at radius 3 is 2.55 bits per heavy atom. The third-order valence-corrected chi connectivity index (χ3v) is 5.12. The third-order valence-electron chi connectivity index (χ3n) is 5.12. The molecular formula is C25H22N2O6. The van der Waals surface area contributed by atoms with Crippen LogP contribution < -0.4 is 9.47 Å². The molecule has 1 heterocycles. The number of fused-ring (bicyclic) bond motifs is 1. The van der Waals surface area contributed by atoms with Crippen LogP contribution in [0.3, 0.4) is 0 Å². The van der Waals surface area contributed by atoms with Gasteiger partial charge in [0, 0.05) is 12.5 Å². The first-order chi connectivity index (χ1) is 16.0. The summed E-state index contributed by atoms with van der Waals surface area (Å²) in [4.78, 5) is 23.4. The zero-order chi connectivity index (χ0) is 23.2. The average molecular weight is 446 g/mol. The van der Waals surface area contributed by atoms with Gasteiger partial charge in [-0.15, -0.1) is 0 Å². The number of carboxylic acids is 1. The van der Waals surface area contributed by atoms with E-state index in [1.807, 2.05) is 42.5 Å². The Morgan fingerprint density at radius 2 is 1.79 bits per heavy atom. The van der Waals surface area contributed by atoms with Crippen molar-refractivity contribution in [2.45, 2.75) is 32.5 Å². The number of aromatic nitrogens is 2. The molecule has 1 unspecified atom stereocenters. The summed E-state index contributed by atoms with van der Waals surface area (Å²) >= 11 is 0. The molecule has 0 radical (unpaired) electrons. The van der Waals surface area contributed by atoms with Gasteiger partial charge in [-0.2, -0.15) is 0 Å². The molecule has 0 bridgehead atoms. The van der Waals surface area contributed by atoms with Crippen LogP contribution in [0.4, 0.5) is 0 Å². The maximum Gasteiger partial charge on any atom is 0.303 e. The molecule has 33 heavy (non-hydrogen) atoms. The Hall–Kier alpha value is -4.20. The lowest BCUT2D eigenvalue weighted by Gasteiger charge is -2.21. The molecular weight excluding hydrogens is 424 g/mol. The van der Waals surface area contributed by atoms with Crippen molar-refractivity contribution in [1.82, 2.24) is 10.3 Å². The lowest BCUT2D eigenvalue weighted by molar-refractivity contribution is -0.137. The number of benzene rings is 3. The Balaban J connectivity index is 1.56. The van der Waals surface area contributed by atoms with E-state index in [0.29, 0.717) is 28.1 Å². The van der Waals surface area contributed by atoms with Gasteiger partial charge in [-0.1, -0.05) is 36.4 Å². The largest absolute Gasteiger partial charge is 0.489 e. The number of nitrogens with zero attached hydrogens (tertiary/aromatic N) is 2. The molecule has 0 aliphatic heterocycles. The summed E-state index contributed by atoms with van der Waals surface area (Å²) in [5.41, 5.74) is 3.40. The van der Waals surface area contributed by atoms with Gasteiger partial charge in [0.1, 0.15) is 35.2 Å². The van der Waals surface area contributed by atoms with E-state index in [4.69, 9.17) is 19.2 Å². The number of carbonyl (C=O) groups is 2. The van der Waals surface area contributed by atoms with Gasteiger partial charge in [-0.3, -0.25) is 9.59 Å². The molecule has 8 nitrogen and oxygen atoms in total. The minimum Gasteiger partial charge on any atom is -0.489 e. The van der Waals surface area contributed by atoms with Crippen molar-refractivity contribution >= 4 is 22.8 Å². The monoisotopic (exact) mass is 446 g/mol. The molecule has 8 heteroatoms. The first kappa shape index (κ1) is 22.0. The zero-order valence-electron chi connectivity index (χ0n) is 17.9. The molecule has 1 N–H and O–H groups in total. The van der Waals surface area contributed by atoms with Gasteiger partial charge in [-0.25, -0.2) is 4.63 Å². The highest BCUT2D eigenvalue weighted by Gasteiger charge is 2.19. The van der Waals surface area contributed by atoms with Crippen molar-refractivity contribution in [3.63, 3.8) is 0 Å². The van der Waals surface area contributed by atoms with Gasteiger partial charge in [0.2, 0.25) is 0 Å². The number of hydrogen-bond donors (Lipinski definition) is 1. The van der Waals surface area contributed by atoms with E-state index in [9.17, 15) is 9.59 Å². The highest BCUT2D eigenvalue weighted by molar-refractivity contribution is 5.97. The second kappa shape index (κ2) is 9.95. The molecule has 1 atom stereocenters. The van der Waals surface area contributed by atoms with Crippen LogP contribution in [0.5, 0.6) is 11.5 Å². The van der Waals surface area contributed by atoms with Crippen LogP contribution in [0.15, 0.2) is 71.4 Å². The number of carboxylic acid groups (broad SMARTS) is 1. The number of ether oxygens (including phenoxy) is 2. The van der Waals surface area contributed by atoms with Gasteiger partial charge in [0.05, 0.1) is 5.56 Å². The number of hydrogen-bond acceptors (Lipinski definition) is 7. The Kier molecular flexibility index (Phi) is 6.64. The maximum absolute atomic E-state index is 12.2. The van der Waals surface area contributed by atoms with Crippen molar-refractivity contribution in [2.24, 2.45) is 0 Å². The summed E-state index contributed by atoms with van der Waals surface area (Å²) in [6, 6.07) is 19.8. The number of aliphatic carboxylic acids is 1. The standard InChI is InChI=1S/C25H22N2O6/c1-16(28)20-9-8-19(31-15-17-7-10-21-22(13-17)27-33-26-21)14-24(20)32-23(11-12-25(29)30)18-5-3-2-4-6-18/h2-10,13-14,23H,11-12,15H2,1H3,(H,29,30). The van der Waals surface area contributed by atoms with Crippen LogP contribution in [0.25, 0.3) is 11.0 Å². The van der Waals surface area contributed by atoms with Gasteiger partial charge in [-0.05, 0) is 59.1 Å². The predicted octanol–water partition coefficient (Wildman–Crippen LogP) is 4.99. The van der Waals surface area contributed by atoms with Gasteiger partial charge in [0.25, 0.3) is 0 Å². The highest BCUT2D eigenvalue weighted by atomic mass is 16.6. The smallest absolute Gasteiger partial charge is 0.303 e. The summed E-state index contributed by atoms with van der Waals surface area (Å²) in [5.74, 6) is -0.220. The van der Waals surface area contributed by atoms with Crippen LogP contribution in [-0.2, 0) is 11.4 Å². The Bertz CT molecular complexity index is 1270. The molecule has 4 aromatic rings. The first-order valence-corrected chi connectivity index (χ1v) is 10.4. The normalized spacial score (nSPS) is 11.8. The molecule has 0 saturated heterocycles. The fraction of sp³-hybridized carbons (Fsp3) is 0.200. The van der Waals surface area contributed by atoms with Crippen molar-refractivity contribution in [3.05, 3.63) is 83.4 Å². The fourth-order valence-corrected chi connectivity index (χ4v) is 3.43. The number of ketones is 1. The highest BCUT2D eigenvalue weighted by Crippen LogP contribution is 2.32. The average Bonchev–Trinajstić information content (AvgIpc) is 3.28. The molecule has 0 amide bonds. The molecule has 0 aliphatic carbocycles. The minimum atomic E-state index is -0.914. The quantitative estimate of drug-likeness (QED) is 0.339. The number of rotatable bonds is 10. The van der Waals surface area contributed by atoms with Crippen LogP contribution >= 0.6 is 0 Å². The van der Waals surface area contributed by atoms with Gasteiger partial charge >= 0.3 is 5.97 Å². The van der Waals surface area contributed by atoms with Crippen molar-refractivity contribution in [1.29, 1.82) is 0 Å². The molecule has 1 aromatic heterocycles. The number of carbonyl (C=O) groups excluding carboxylic acids is 1. The second-order valence-corrected chi connectivity index (χ2v) is 7.54. The third kappa shape index (κ3) is 5.54. The Labute approximate surface area is 189 Å². The maximum atomic E-state index is 12.2. The summed E-state index contributed by atoms with van der Waals surface area (Å²) < 4.78 is 16.8. The molecule has 0 spiro atoms. The summed E-state index contributed by atoms with van der Waals surface area (Å²) in [6.07, 6.45) is -0.337. The van der Waals surface area contributed by atoms with E-state index in [0.717, 1.165) is 11.1 Å². The van der Waals surface area contributed by atoms with Crippen LogP contribution in [0, 0.1) is 0 Å². The lowest BCUT2D eigenvalue weighted by Crippen LogP contribution is -2.12. The summed E-state index contributed by atoms with van der Waals surface area (Å²) in [6.45, 7) is 1.72. The molecule has 0 saturated carbocycles. The predicted molar refractivity (Wildman–Crippen MR) is 119 cm³/mol. The molecule has 0 fully saturated rings. The van der Waals surface area contributed by atoms with E-state index >= 15 is 0 Å². The summed E-state index contributed by atoms with van der Waals surface area (Å²) in [5, 5.41) is 16.8. The first-order valence-electron chi connectivity index (χ1n) is 10.4. The number of Topliss-reactive ketones (excluding diaryl/α,β-unsaturated/α-hetero) is 1. The van der Waals surface area contributed by atoms with Crippen LogP contribution in [0.1, 0.15) is 47.4 Å². The van der Waals surface area contributed by atoms with E-state index in [1.165, 1.54) is 6.92 Å². The van der Waals surface area contributed by atoms with Crippen molar-refractivity contribution < 1.29 is 28.8 Å². The van der Waals surface area contributed by atoms with Gasteiger partial charge < -0.3 is 14.6 Å². The van der Waals surface area contributed by atoms with Crippen LogP contribution in [-0.4, -0.2) is 27.2 Å². The topological polar surface area (TPSA) is 112 Å². The van der Waals surface area contributed by atoms with E-state index in [1.54, 1.807) is 24.3 Å². The van der Waals surface area contributed by atoms with Crippen molar-refractivity contribution in [2.75, 3.05) is 0 Å². The van der Waals surface area contributed by atoms with Crippen molar-refractivity contribution in [3.8, 4) is 11.5 Å². The van der Waals surface area contributed by atoms with E-state index < -0.39 is 12.1 Å². The Morgan fingerprint density at radius 1 is 1.00 bits per heavy atom. The lowest BCUT2D eigenvalue weighted by atomic mass is 10.0. The summed E-state index contributed by atoms with van der Waals surface area (Å²) in [7, 11) is 0.